The molecule has 244 valence electrons. The molecule has 1 aromatic heterocycles. The zero-order valence-electron chi connectivity index (χ0n) is 25.3. The fourth-order valence-electron chi connectivity index (χ4n) is 5.95. The summed E-state index contributed by atoms with van der Waals surface area (Å²) in [6.07, 6.45) is -3.18. The van der Waals surface area contributed by atoms with Gasteiger partial charge in [-0.05, 0) is 91.8 Å². The zero-order valence-corrected chi connectivity index (χ0v) is 25.3. The molecule has 1 N–H and O–H groups in total. The highest BCUT2D eigenvalue weighted by molar-refractivity contribution is 5.85. The van der Waals surface area contributed by atoms with Gasteiger partial charge in [0, 0.05) is 29.0 Å². The number of fused-ring (bicyclic) bond motifs is 6. The number of esters is 1. The Balaban J connectivity index is 1.62. The zero-order chi connectivity index (χ0) is 33.6. The van der Waals surface area contributed by atoms with E-state index in [1.165, 1.54) is 18.2 Å². The van der Waals surface area contributed by atoms with Crippen molar-refractivity contribution in [2.75, 3.05) is 6.61 Å². The van der Waals surface area contributed by atoms with Gasteiger partial charge in [0.05, 0.1) is 24.6 Å². The number of benzene rings is 3. The van der Waals surface area contributed by atoms with Gasteiger partial charge in [-0.3, -0.25) is 19.0 Å². The molecule has 4 aromatic rings. The molecule has 12 heteroatoms. The second kappa shape index (κ2) is 12.3. The van der Waals surface area contributed by atoms with E-state index in [-0.39, 0.29) is 23.8 Å². The molecule has 1 aliphatic heterocycles. The lowest BCUT2D eigenvalue weighted by Crippen LogP contribution is -2.41. The van der Waals surface area contributed by atoms with Crippen LogP contribution in [0.15, 0.2) is 71.7 Å². The molecule has 2 aliphatic rings. The Morgan fingerprint density at radius 2 is 1.74 bits per heavy atom. The van der Waals surface area contributed by atoms with Crippen LogP contribution in [0.3, 0.4) is 0 Å². The number of aryl methyl sites for hydroxylation is 1. The van der Waals surface area contributed by atoms with E-state index < -0.39 is 64.9 Å². The Morgan fingerprint density at radius 1 is 1.00 bits per heavy atom. The number of hydrogen-bond acceptors (Lipinski definition) is 5. The average molecular weight is 653 g/mol. The molecule has 1 saturated carbocycles. The maximum Gasteiger partial charge on any atom is 0.416 e. The number of amides is 1. The first-order valence-electron chi connectivity index (χ1n) is 15.0. The molecule has 0 spiro atoms. The molecule has 2 heterocycles. The third-order valence-electron chi connectivity index (χ3n) is 8.33. The number of carbonyl (C=O) groups excluding carboxylic acids is 2. The Kier molecular flexibility index (Phi) is 8.37. The molecule has 1 amide bonds. The van der Waals surface area contributed by atoms with Crippen LogP contribution in [0.5, 0.6) is 11.5 Å². The maximum absolute atomic E-state index is 16.4. The fourth-order valence-corrected chi connectivity index (χ4v) is 5.95. The standard InChI is InChI=1S/C35H29F5N2O5/c1-3-46-30(44)17-27-25-14-20(13-23(32(25)37)19-7-8-19)31-18(2)5-4-6-28(31)47-22-9-10-26(36)24(16-22)33(34(45)41-27)42-12-11-21(15-29(42)43)35(38,39)40/h4-6,9-16,19,27,33H,3,7-8,17H2,1-2H3,(H,41,45)/t27-,33-/m0/s1. The van der Waals surface area contributed by atoms with Crippen LogP contribution in [-0.2, 0) is 20.5 Å². The van der Waals surface area contributed by atoms with Gasteiger partial charge in [0.1, 0.15) is 29.2 Å². The van der Waals surface area contributed by atoms with Crippen LogP contribution in [0.1, 0.15) is 72.0 Å². The molecule has 6 rings (SSSR count). The van der Waals surface area contributed by atoms with E-state index in [0.29, 0.717) is 39.1 Å². The number of carbonyl (C=O) groups is 2. The quantitative estimate of drug-likeness (QED) is 0.178. The van der Waals surface area contributed by atoms with Crippen molar-refractivity contribution in [2.24, 2.45) is 0 Å². The third-order valence-corrected chi connectivity index (χ3v) is 8.33. The van der Waals surface area contributed by atoms with Crippen molar-refractivity contribution in [3.8, 4) is 22.6 Å². The number of nitrogens with zero attached hydrogens (tertiary/aromatic N) is 1. The van der Waals surface area contributed by atoms with Gasteiger partial charge >= 0.3 is 12.1 Å². The van der Waals surface area contributed by atoms with Crippen molar-refractivity contribution in [2.45, 2.75) is 57.3 Å². The predicted molar refractivity (Wildman–Crippen MR) is 161 cm³/mol. The van der Waals surface area contributed by atoms with Gasteiger partial charge in [0.15, 0.2) is 0 Å². The van der Waals surface area contributed by atoms with E-state index in [4.69, 9.17) is 9.47 Å². The predicted octanol–water partition coefficient (Wildman–Crippen LogP) is 7.50. The fraction of sp³-hybridized carbons (Fsp3) is 0.286. The minimum Gasteiger partial charge on any atom is -0.466 e. The van der Waals surface area contributed by atoms with Gasteiger partial charge in [0.25, 0.3) is 5.56 Å². The number of rotatable bonds is 5. The first-order chi connectivity index (χ1) is 22.3. The molecule has 4 bridgehead atoms. The highest BCUT2D eigenvalue weighted by Crippen LogP contribution is 2.46. The summed E-state index contributed by atoms with van der Waals surface area (Å²) < 4.78 is 84.3. The highest BCUT2D eigenvalue weighted by atomic mass is 19.4. The van der Waals surface area contributed by atoms with E-state index in [1.807, 2.05) is 13.0 Å². The smallest absolute Gasteiger partial charge is 0.416 e. The molecule has 1 aliphatic carbocycles. The van der Waals surface area contributed by atoms with Crippen LogP contribution in [-0.4, -0.2) is 23.1 Å². The van der Waals surface area contributed by atoms with Crippen molar-refractivity contribution in [1.29, 1.82) is 0 Å². The number of aromatic nitrogens is 1. The van der Waals surface area contributed by atoms with Crippen LogP contribution in [0, 0.1) is 18.6 Å². The maximum atomic E-state index is 16.4. The van der Waals surface area contributed by atoms with Gasteiger partial charge in [-0.2, -0.15) is 13.2 Å². The Labute approximate surface area is 265 Å². The molecule has 0 unspecified atom stereocenters. The number of pyridine rings is 1. The summed E-state index contributed by atoms with van der Waals surface area (Å²) in [4.78, 5) is 40.2. The lowest BCUT2D eigenvalue weighted by atomic mass is 9.90. The van der Waals surface area contributed by atoms with Crippen LogP contribution in [0.2, 0.25) is 0 Å². The van der Waals surface area contributed by atoms with Gasteiger partial charge in [-0.15, -0.1) is 0 Å². The number of halogens is 5. The van der Waals surface area contributed by atoms with E-state index in [1.54, 1.807) is 25.1 Å². The first-order valence-corrected chi connectivity index (χ1v) is 15.0. The number of ether oxygens (including phenoxy) is 2. The van der Waals surface area contributed by atoms with Crippen LogP contribution in [0.4, 0.5) is 22.0 Å². The largest absolute Gasteiger partial charge is 0.466 e. The summed E-state index contributed by atoms with van der Waals surface area (Å²) in [5.41, 5.74) is -0.678. The summed E-state index contributed by atoms with van der Waals surface area (Å²) in [6.45, 7) is 3.41. The second-order valence-electron chi connectivity index (χ2n) is 11.6. The topological polar surface area (TPSA) is 86.6 Å². The number of alkyl halides is 3. The van der Waals surface area contributed by atoms with Crippen LogP contribution in [0.25, 0.3) is 11.1 Å². The SMILES string of the molecule is CCOC(=O)C[C@@H]1NC(=O)[C@@H](n2ccc(C(F)(F)F)cc2=O)c2cc(ccc2F)Oc2cccc(C)c2-c2cc(C3CC3)c(F)c1c2. The van der Waals surface area contributed by atoms with Gasteiger partial charge < -0.3 is 14.8 Å². The first kappa shape index (κ1) is 32.0. The summed E-state index contributed by atoms with van der Waals surface area (Å²) in [7, 11) is 0. The van der Waals surface area contributed by atoms with E-state index in [9.17, 15) is 27.6 Å². The van der Waals surface area contributed by atoms with E-state index >= 15 is 8.78 Å². The molecule has 3 aromatic carbocycles. The van der Waals surface area contributed by atoms with Crippen molar-refractivity contribution in [3.05, 3.63) is 117 Å². The summed E-state index contributed by atoms with van der Waals surface area (Å²) >= 11 is 0. The van der Waals surface area contributed by atoms with Crippen molar-refractivity contribution < 1.29 is 41.0 Å². The minimum atomic E-state index is -4.86. The van der Waals surface area contributed by atoms with Crippen LogP contribution >= 0.6 is 0 Å². The van der Waals surface area contributed by atoms with Crippen molar-refractivity contribution in [3.63, 3.8) is 0 Å². The van der Waals surface area contributed by atoms with Gasteiger partial charge in [-0.25, -0.2) is 8.78 Å². The monoisotopic (exact) mass is 652 g/mol. The minimum absolute atomic E-state index is 0.000824. The molecule has 2 atom stereocenters. The van der Waals surface area contributed by atoms with Crippen molar-refractivity contribution in [1.82, 2.24) is 9.88 Å². The number of nitrogens with one attached hydrogen (secondary N) is 1. The van der Waals surface area contributed by atoms with Gasteiger partial charge in [-0.1, -0.05) is 12.1 Å². The molecule has 47 heavy (non-hydrogen) atoms. The van der Waals surface area contributed by atoms with Crippen molar-refractivity contribution >= 4 is 11.9 Å². The Hall–Kier alpha value is -5.00. The lowest BCUT2D eigenvalue weighted by Gasteiger charge is -2.26. The molecular formula is C35H29F5N2O5. The van der Waals surface area contributed by atoms with Crippen LogP contribution < -0.4 is 15.6 Å². The molecule has 0 saturated heterocycles. The molecule has 0 radical (unpaired) electrons. The summed E-state index contributed by atoms with van der Waals surface area (Å²) in [5, 5.41) is 2.61. The lowest BCUT2D eigenvalue weighted by molar-refractivity contribution is -0.144. The Bertz CT molecular complexity index is 1950. The molecular weight excluding hydrogens is 623 g/mol. The second-order valence-corrected chi connectivity index (χ2v) is 11.6. The summed E-state index contributed by atoms with van der Waals surface area (Å²) in [6, 6.07) is 9.60. The van der Waals surface area contributed by atoms with Gasteiger partial charge in [0.2, 0.25) is 5.91 Å². The average Bonchev–Trinajstić information content (AvgIpc) is 3.85. The molecule has 1 fully saturated rings. The van der Waals surface area contributed by atoms with E-state index in [0.717, 1.165) is 30.7 Å². The normalized spacial score (nSPS) is 17.7. The van der Waals surface area contributed by atoms with E-state index in [2.05, 4.69) is 5.32 Å². The summed E-state index contributed by atoms with van der Waals surface area (Å²) in [5.74, 6) is -3.16. The Morgan fingerprint density at radius 3 is 2.43 bits per heavy atom. The number of hydrogen-bond donors (Lipinski definition) is 1. The molecule has 7 nitrogen and oxygen atoms in total. The highest BCUT2D eigenvalue weighted by Gasteiger charge is 2.36. The third kappa shape index (κ3) is 6.36.